The van der Waals surface area contributed by atoms with E-state index in [9.17, 15) is 92.4 Å². The first-order chi connectivity index (χ1) is 42.0. The fourth-order valence-corrected chi connectivity index (χ4v) is 8.54. The molecule has 11 amide bonds. The molecule has 0 spiro atoms. The van der Waals surface area contributed by atoms with Gasteiger partial charge in [-0.05, 0) is 86.2 Å². The molecular formula is C55H75N12O22P. The number of aliphatic hydroxyl groups is 1. The summed E-state index contributed by atoms with van der Waals surface area (Å²) in [6.07, 6.45) is -4.74. The maximum absolute atomic E-state index is 14.2. The highest BCUT2D eigenvalue weighted by Crippen LogP contribution is 2.37. The number of carbonyl (C=O) groups excluding carboxylic acids is 11. The molecule has 21 N–H and O–H groups in total. The van der Waals surface area contributed by atoms with Crippen molar-refractivity contribution in [1.82, 2.24) is 53.2 Å². The van der Waals surface area contributed by atoms with Gasteiger partial charge in [-0.25, -0.2) is 4.57 Å². The Morgan fingerprint density at radius 3 is 1.36 bits per heavy atom. The highest BCUT2D eigenvalue weighted by Gasteiger charge is 2.36. The summed E-state index contributed by atoms with van der Waals surface area (Å²) in [4.78, 5) is 189. The number of phosphoric acid groups is 1. The maximum Gasteiger partial charge on any atom is 0.524 e. The van der Waals surface area contributed by atoms with Crippen molar-refractivity contribution in [2.45, 2.75) is 134 Å². The number of phenolic OH excluding ortho intramolecular Hbond substituents is 2. The van der Waals surface area contributed by atoms with E-state index in [1.807, 2.05) is 0 Å². The number of primary amides is 1. The zero-order valence-electron chi connectivity index (χ0n) is 49.3. The molecule has 0 heterocycles. The highest BCUT2D eigenvalue weighted by molar-refractivity contribution is 7.46. The molecule has 34 nitrogen and oxygen atoms in total. The molecule has 3 aromatic rings. The Morgan fingerprint density at radius 1 is 0.489 bits per heavy atom. The average molecular weight is 1290 g/mol. The van der Waals surface area contributed by atoms with Gasteiger partial charge in [0.15, 0.2) is 0 Å². The molecule has 0 aliphatic heterocycles. The summed E-state index contributed by atoms with van der Waals surface area (Å²) in [5.74, 6) is -16.0. The molecule has 3 rings (SSSR count). The van der Waals surface area contributed by atoms with Gasteiger partial charge in [-0.2, -0.15) is 0 Å². The van der Waals surface area contributed by atoms with Crippen molar-refractivity contribution in [3.8, 4) is 17.2 Å². The minimum Gasteiger partial charge on any atom is -0.508 e. The zero-order valence-corrected chi connectivity index (χ0v) is 50.2. The first-order valence-electron chi connectivity index (χ1n) is 27.5. The lowest BCUT2D eigenvalue weighted by molar-refractivity contribution is -0.139. The van der Waals surface area contributed by atoms with Crippen molar-refractivity contribution in [3.63, 3.8) is 0 Å². The van der Waals surface area contributed by atoms with E-state index in [1.165, 1.54) is 95.3 Å². The van der Waals surface area contributed by atoms with Crippen LogP contribution < -0.4 is 69.2 Å². The second-order valence-corrected chi connectivity index (χ2v) is 22.1. The molecule has 90 heavy (non-hydrogen) atoms. The van der Waals surface area contributed by atoms with Crippen molar-refractivity contribution < 1.29 is 107 Å². The number of amides is 11. The molecule has 0 aliphatic carbocycles. The summed E-state index contributed by atoms with van der Waals surface area (Å²) >= 11 is 0. The van der Waals surface area contributed by atoms with Gasteiger partial charge in [0.25, 0.3) is 0 Å². The third kappa shape index (κ3) is 26.7. The Balaban J connectivity index is 1.83. The standard InChI is InChI=1S/C55H75N12O22P/c1-26(2)45(54(84)64-37(50(80)59-25-44(75)76)20-32-10-16-35(17-11-32)89-90(86,87)88)66-53(83)40(23-41(57)71)63-52(82)38(21-30-6-12-33(69)13-7-30)61-42(72)24-58-49(79)36(18-19-43(73)74)62-48(78)28(4)60-51(81)39(22-31-8-14-34(70)15-9-31)65-55(85)46(29(5)68)67-47(77)27(3)56/h6-17,26-29,36-40,45-46,68-70H,18-25,56H2,1-5H3,(H2,57,71)(H,58,79)(H,59,80)(H,60,81)(H,61,72)(H,62,78)(H,63,82)(H,64,84)(H,65,85)(H,66,83)(H,67,77)(H,73,74)(H,75,76)(H2,86,87,88)/t27-,28-,29+,36-,37-,38-,39-,40-,45-,46-/m0/s1. The summed E-state index contributed by atoms with van der Waals surface area (Å²) in [6.45, 7) is 4.75. The second kappa shape index (κ2) is 35.3. The molecule has 0 radical (unpaired) electrons. The SMILES string of the molecule is CC(C)[C@H](NC(=O)[C@H](CC(N)=O)NC(=O)[C@H](Cc1ccc(O)cc1)NC(=O)CNC(=O)[C@H](CCC(=O)O)NC(=O)[C@H](C)NC(=O)[C@H](Cc1ccc(O)cc1)NC(=O)[C@@H](NC(=O)[C@H](C)N)[C@@H](C)O)C(=O)N[C@@H](Cc1ccc(OP(=O)(O)O)cc1)C(=O)NCC(=O)O. The number of aromatic hydroxyl groups is 2. The highest BCUT2D eigenvalue weighted by atomic mass is 31.2. The van der Waals surface area contributed by atoms with Gasteiger partial charge in [-0.3, -0.25) is 72.1 Å². The van der Waals surface area contributed by atoms with Crippen LogP contribution in [0.1, 0.15) is 70.6 Å². The summed E-state index contributed by atoms with van der Waals surface area (Å²) < 4.78 is 15.8. The van der Waals surface area contributed by atoms with E-state index in [2.05, 4.69) is 57.7 Å². The average Bonchev–Trinajstić information content (AvgIpc) is 1.61. The molecule has 0 fully saturated rings. The van der Waals surface area contributed by atoms with Gasteiger partial charge in [0.1, 0.15) is 72.1 Å². The fourth-order valence-electron chi connectivity index (χ4n) is 8.14. The van der Waals surface area contributed by atoms with E-state index >= 15 is 0 Å². The van der Waals surface area contributed by atoms with E-state index in [1.54, 1.807) is 0 Å². The van der Waals surface area contributed by atoms with Crippen molar-refractivity contribution in [3.05, 3.63) is 89.5 Å². The number of nitrogens with one attached hydrogen (secondary N) is 10. The smallest absolute Gasteiger partial charge is 0.508 e. The summed E-state index contributed by atoms with van der Waals surface area (Å²) in [7, 11) is -4.95. The van der Waals surface area contributed by atoms with E-state index in [-0.39, 0.29) is 35.7 Å². The van der Waals surface area contributed by atoms with Crippen LogP contribution in [0.25, 0.3) is 0 Å². The van der Waals surface area contributed by atoms with Crippen LogP contribution in [-0.4, -0.2) is 186 Å². The monoisotopic (exact) mass is 1290 g/mol. The van der Waals surface area contributed by atoms with E-state index < -0.39 is 190 Å². The van der Waals surface area contributed by atoms with E-state index in [4.69, 9.17) is 21.3 Å². The molecule has 35 heteroatoms. The Kier molecular flexibility index (Phi) is 29.2. The molecule has 3 aromatic carbocycles. The van der Waals surface area contributed by atoms with Crippen LogP contribution in [0.5, 0.6) is 17.2 Å². The van der Waals surface area contributed by atoms with Gasteiger partial charge in [-0.15, -0.1) is 0 Å². The number of aliphatic carboxylic acids is 2. The van der Waals surface area contributed by atoms with E-state index in [0.29, 0.717) is 11.1 Å². The fraction of sp³-hybridized carbons (Fsp3) is 0.436. The quantitative estimate of drug-likeness (QED) is 0.0242. The lowest BCUT2D eigenvalue weighted by atomic mass is 10.00. The number of carbonyl (C=O) groups is 13. The normalized spacial score (nSPS) is 14.5. The third-order valence-corrected chi connectivity index (χ3v) is 13.3. The Morgan fingerprint density at radius 2 is 0.900 bits per heavy atom. The molecule has 0 unspecified atom stereocenters. The lowest BCUT2D eigenvalue weighted by Gasteiger charge is -2.28. The molecule has 0 aliphatic rings. The number of phosphoric ester groups is 1. The number of phenols is 2. The Bertz CT molecular complexity index is 3110. The van der Waals surface area contributed by atoms with Crippen LogP contribution in [0, 0.1) is 5.92 Å². The molecule has 0 aromatic heterocycles. The van der Waals surface area contributed by atoms with Crippen molar-refractivity contribution in [2.24, 2.45) is 17.4 Å². The van der Waals surface area contributed by atoms with Crippen LogP contribution in [0.15, 0.2) is 72.8 Å². The second-order valence-electron chi connectivity index (χ2n) is 20.9. The number of nitrogens with two attached hydrogens (primary N) is 2. The minimum absolute atomic E-state index is 0.133. The van der Waals surface area contributed by atoms with Gasteiger partial charge in [-0.1, -0.05) is 50.2 Å². The van der Waals surface area contributed by atoms with Crippen LogP contribution in [0.3, 0.4) is 0 Å². The number of rotatable bonds is 36. The predicted octanol–water partition coefficient (Wildman–Crippen LogP) is -5.06. The van der Waals surface area contributed by atoms with Gasteiger partial charge >= 0.3 is 19.8 Å². The first-order valence-corrected chi connectivity index (χ1v) is 29.1. The summed E-state index contributed by atoms with van der Waals surface area (Å²) in [5.41, 5.74) is 12.0. The zero-order chi connectivity index (χ0) is 67.7. The van der Waals surface area contributed by atoms with Crippen molar-refractivity contribution in [2.75, 3.05) is 13.1 Å². The van der Waals surface area contributed by atoms with Crippen LogP contribution in [-0.2, 0) is 86.2 Å². The maximum atomic E-state index is 14.2. The molecular weight excluding hydrogens is 1210 g/mol. The first kappa shape index (κ1) is 74.5. The number of hydrogen-bond acceptors (Lipinski definition) is 19. The number of carboxylic acid groups (broad SMARTS) is 2. The van der Waals surface area contributed by atoms with Gasteiger partial charge in [0.2, 0.25) is 65.0 Å². The molecule has 492 valence electrons. The Labute approximate surface area is 514 Å². The molecule has 10 atom stereocenters. The summed E-state index contributed by atoms with van der Waals surface area (Å²) in [5, 5.41) is 71.9. The predicted molar refractivity (Wildman–Crippen MR) is 312 cm³/mol. The van der Waals surface area contributed by atoms with Crippen molar-refractivity contribution in [1.29, 1.82) is 0 Å². The van der Waals surface area contributed by atoms with Crippen LogP contribution in [0.2, 0.25) is 0 Å². The number of benzene rings is 3. The van der Waals surface area contributed by atoms with Gasteiger partial charge in [0.05, 0.1) is 25.1 Å². The molecule has 0 saturated heterocycles. The van der Waals surface area contributed by atoms with Crippen LogP contribution in [0.4, 0.5) is 0 Å². The number of aliphatic hydroxyl groups excluding tert-OH is 1. The number of carboxylic acids is 2. The minimum atomic E-state index is -4.95. The van der Waals surface area contributed by atoms with Gasteiger partial charge < -0.3 is 94.7 Å². The largest absolute Gasteiger partial charge is 0.524 e. The van der Waals surface area contributed by atoms with Crippen LogP contribution >= 0.6 is 7.82 Å². The summed E-state index contributed by atoms with van der Waals surface area (Å²) in [6, 6.07) is 1.32. The third-order valence-electron chi connectivity index (χ3n) is 12.9. The lowest BCUT2D eigenvalue weighted by Crippen LogP contribution is -2.61. The van der Waals surface area contributed by atoms with Crippen molar-refractivity contribution >= 4 is 84.7 Å². The van der Waals surface area contributed by atoms with Gasteiger partial charge in [0, 0.05) is 25.7 Å². The topological polar surface area (TPSA) is 562 Å². The molecule has 0 saturated carbocycles. The Hall–Kier alpha value is -9.76. The van der Waals surface area contributed by atoms with E-state index in [0.717, 1.165) is 12.1 Å². The molecule has 0 bridgehead atoms. The number of hydrogen-bond donors (Lipinski definition) is 19.